The molecule has 0 fully saturated rings. The summed E-state index contributed by atoms with van der Waals surface area (Å²) in [5.74, 6) is -1.46. The highest BCUT2D eigenvalue weighted by atomic mass is 32.1. The Balaban J connectivity index is 2.34. The molecule has 2 N–H and O–H groups in total. The lowest BCUT2D eigenvalue weighted by Gasteiger charge is -2.05. The van der Waals surface area contributed by atoms with Gasteiger partial charge in [0.2, 0.25) is 0 Å². The standard InChI is InChI=1S/C10H9F2N3OS/c11-7-2-1-6(3-8(7)12)4-15-9(5-16)13-14-10(15)17/h1-3,16H,4-5H2,(H,14,17). The first kappa shape index (κ1) is 11.9. The first-order valence-corrected chi connectivity index (χ1v) is 5.21. The zero-order chi connectivity index (χ0) is 12.4. The molecule has 0 spiro atoms. The summed E-state index contributed by atoms with van der Waals surface area (Å²) in [6.07, 6.45) is 0. The molecule has 0 saturated heterocycles. The largest absolute Gasteiger partial charge is 0.388 e. The van der Waals surface area contributed by atoms with Crippen molar-refractivity contribution in [3.63, 3.8) is 0 Å². The highest BCUT2D eigenvalue weighted by Crippen LogP contribution is 2.11. The van der Waals surface area contributed by atoms with Gasteiger partial charge < -0.3 is 5.11 Å². The van der Waals surface area contributed by atoms with Crippen molar-refractivity contribution in [1.29, 1.82) is 0 Å². The van der Waals surface area contributed by atoms with Crippen LogP contribution in [-0.2, 0) is 13.2 Å². The monoisotopic (exact) mass is 257 g/mol. The molecule has 90 valence electrons. The van der Waals surface area contributed by atoms with Crippen molar-refractivity contribution in [3.05, 3.63) is 46.0 Å². The van der Waals surface area contributed by atoms with Crippen LogP contribution in [0.5, 0.6) is 0 Å². The summed E-state index contributed by atoms with van der Waals surface area (Å²) in [6.45, 7) is -0.0563. The molecule has 7 heteroatoms. The molecule has 2 rings (SSSR count). The maximum Gasteiger partial charge on any atom is 0.195 e. The summed E-state index contributed by atoms with van der Waals surface area (Å²) in [5, 5.41) is 15.3. The van der Waals surface area contributed by atoms with E-state index in [0.717, 1.165) is 12.1 Å². The third-order valence-electron chi connectivity index (χ3n) is 2.30. The normalized spacial score (nSPS) is 10.8. The number of nitrogens with one attached hydrogen (secondary N) is 1. The van der Waals surface area contributed by atoms with Crippen molar-refractivity contribution >= 4 is 12.2 Å². The van der Waals surface area contributed by atoms with Crippen LogP contribution < -0.4 is 0 Å². The highest BCUT2D eigenvalue weighted by molar-refractivity contribution is 7.71. The fourth-order valence-corrected chi connectivity index (χ4v) is 1.67. The molecule has 1 aromatic carbocycles. The summed E-state index contributed by atoms with van der Waals surface area (Å²) in [4.78, 5) is 0. The average Bonchev–Trinajstić information content (AvgIpc) is 2.65. The number of nitrogens with zero attached hydrogens (tertiary/aromatic N) is 2. The van der Waals surface area contributed by atoms with Gasteiger partial charge in [-0.15, -0.1) is 0 Å². The van der Waals surface area contributed by atoms with Gasteiger partial charge in [-0.2, -0.15) is 5.10 Å². The highest BCUT2D eigenvalue weighted by Gasteiger charge is 2.07. The fourth-order valence-electron chi connectivity index (χ4n) is 1.45. The lowest BCUT2D eigenvalue weighted by molar-refractivity contribution is 0.265. The molecule has 0 saturated carbocycles. The zero-order valence-electron chi connectivity index (χ0n) is 8.65. The van der Waals surface area contributed by atoms with E-state index in [9.17, 15) is 8.78 Å². The average molecular weight is 257 g/mol. The minimum absolute atomic E-state index is 0.225. The predicted molar refractivity (Wildman–Crippen MR) is 58.8 cm³/mol. The number of rotatable bonds is 3. The van der Waals surface area contributed by atoms with E-state index in [1.54, 1.807) is 0 Å². The summed E-state index contributed by atoms with van der Waals surface area (Å²) in [7, 11) is 0. The van der Waals surface area contributed by atoms with E-state index in [1.165, 1.54) is 10.6 Å². The van der Waals surface area contributed by atoms with Gasteiger partial charge in [-0.1, -0.05) is 6.07 Å². The molecule has 4 nitrogen and oxygen atoms in total. The van der Waals surface area contributed by atoms with Crippen molar-refractivity contribution in [2.75, 3.05) is 0 Å². The Kier molecular flexibility index (Phi) is 3.30. The maximum absolute atomic E-state index is 13.0. The molecule has 2 aromatic rings. The van der Waals surface area contributed by atoms with E-state index >= 15 is 0 Å². The number of H-pyrrole nitrogens is 1. The van der Waals surface area contributed by atoms with E-state index in [0.29, 0.717) is 16.2 Å². The topological polar surface area (TPSA) is 53.8 Å². The smallest absolute Gasteiger partial charge is 0.195 e. The summed E-state index contributed by atoms with van der Waals surface area (Å²) in [5.41, 5.74) is 0.538. The van der Waals surface area contributed by atoms with Crippen molar-refractivity contribution in [3.8, 4) is 0 Å². The lowest BCUT2D eigenvalue weighted by atomic mass is 10.2. The van der Waals surface area contributed by atoms with Crippen LogP contribution in [0.15, 0.2) is 18.2 Å². The minimum Gasteiger partial charge on any atom is -0.388 e. The first-order chi connectivity index (χ1) is 8.11. The van der Waals surface area contributed by atoms with Gasteiger partial charge in [-0.25, -0.2) is 8.78 Å². The van der Waals surface area contributed by atoms with Crippen LogP contribution in [-0.4, -0.2) is 19.9 Å². The summed E-state index contributed by atoms with van der Waals surface area (Å²) < 4.78 is 27.6. The summed E-state index contributed by atoms with van der Waals surface area (Å²) >= 11 is 4.96. The third kappa shape index (κ3) is 2.40. The molecule has 0 aliphatic heterocycles. The van der Waals surface area contributed by atoms with Crippen LogP contribution in [0.3, 0.4) is 0 Å². The molecule has 0 aliphatic carbocycles. The van der Waals surface area contributed by atoms with Crippen LogP contribution >= 0.6 is 12.2 Å². The Morgan fingerprint density at radius 1 is 1.35 bits per heavy atom. The van der Waals surface area contributed by atoms with Gasteiger partial charge in [0.25, 0.3) is 0 Å². The number of halogens is 2. The van der Waals surface area contributed by atoms with Crippen molar-refractivity contribution < 1.29 is 13.9 Å². The van der Waals surface area contributed by atoms with Crippen molar-refractivity contribution in [1.82, 2.24) is 14.8 Å². The Hall–Kier alpha value is -1.60. The van der Waals surface area contributed by atoms with Gasteiger partial charge in [0.15, 0.2) is 22.2 Å². The Morgan fingerprint density at radius 2 is 2.12 bits per heavy atom. The van der Waals surface area contributed by atoms with E-state index in [-0.39, 0.29) is 13.2 Å². The molecule has 1 heterocycles. The number of aliphatic hydroxyl groups excluding tert-OH is 1. The molecule has 0 aliphatic rings. The second-order valence-corrected chi connectivity index (χ2v) is 3.82. The molecule has 0 atom stereocenters. The number of aromatic amines is 1. The number of aromatic nitrogens is 3. The van der Waals surface area contributed by atoms with Crippen molar-refractivity contribution in [2.45, 2.75) is 13.2 Å². The van der Waals surface area contributed by atoms with Crippen LogP contribution in [0, 0.1) is 16.4 Å². The Bertz CT molecular complexity index is 593. The second-order valence-electron chi connectivity index (χ2n) is 3.44. The SMILES string of the molecule is OCc1n[nH]c(=S)n1Cc1ccc(F)c(F)c1. The van der Waals surface area contributed by atoms with Crippen LogP contribution in [0.1, 0.15) is 11.4 Å². The van der Waals surface area contributed by atoms with E-state index in [1.807, 2.05) is 0 Å². The zero-order valence-corrected chi connectivity index (χ0v) is 9.47. The molecule has 17 heavy (non-hydrogen) atoms. The molecular formula is C10H9F2N3OS. The Labute approximate surface area is 101 Å². The molecular weight excluding hydrogens is 248 g/mol. The van der Waals surface area contributed by atoms with E-state index < -0.39 is 11.6 Å². The molecule has 0 radical (unpaired) electrons. The van der Waals surface area contributed by atoms with Crippen LogP contribution in [0.4, 0.5) is 8.78 Å². The van der Waals surface area contributed by atoms with E-state index in [2.05, 4.69) is 10.2 Å². The molecule has 0 unspecified atom stereocenters. The van der Waals surface area contributed by atoms with Gasteiger partial charge in [0.05, 0.1) is 6.54 Å². The summed E-state index contributed by atoms with van der Waals surface area (Å²) in [6, 6.07) is 3.59. The fraction of sp³-hybridized carbons (Fsp3) is 0.200. The number of benzene rings is 1. The first-order valence-electron chi connectivity index (χ1n) is 4.80. The van der Waals surface area contributed by atoms with E-state index in [4.69, 9.17) is 17.3 Å². The lowest BCUT2D eigenvalue weighted by Crippen LogP contribution is -2.06. The quantitative estimate of drug-likeness (QED) is 0.824. The molecule has 0 amide bonds. The minimum atomic E-state index is -0.914. The van der Waals surface area contributed by atoms with Gasteiger partial charge in [0.1, 0.15) is 6.61 Å². The van der Waals surface area contributed by atoms with Gasteiger partial charge in [0, 0.05) is 0 Å². The molecule has 0 bridgehead atoms. The van der Waals surface area contributed by atoms with Crippen molar-refractivity contribution in [2.24, 2.45) is 0 Å². The van der Waals surface area contributed by atoms with Gasteiger partial charge in [-0.3, -0.25) is 9.67 Å². The van der Waals surface area contributed by atoms with Crippen LogP contribution in [0.25, 0.3) is 0 Å². The number of aliphatic hydroxyl groups is 1. The second kappa shape index (κ2) is 4.72. The number of hydrogen-bond acceptors (Lipinski definition) is 3. The molecule has 1 aromatic heterocycles. The maximum atomic E-state index is 13.0. The third-order valence-corrected chi connectivity index (χ3v) is 2.62. The Morgan fingerprint density at radius 3 is 2.76 bits per heavy atom. The van der Waals surface area contributed by atoms with Gasteiger partial charge in [-0.05, 0) is 29.9 Å². The predicted octanol–water partition coefficient (Wildman–Crippen LogP) is 1.76. The van der Waals surface area contributed by atoms with Crippen LogP contribution in [0.2, 0.25) is 0 Å². The van der Waals surface area contributed by atoms with Gasteiger partial charge >= 0.3 is 0 Å². The number of hydrogen-bond donors (Lipinski definition) is 2.